The lowest BCUT2D eigenvalue weighted by molar-refractivity contribution is 0.309. The molecule has 0 atom stereocenters. The minimum atomic E-state index is 0. The summed E-state index contributed by atoms with van der Waals surface area (Å²) in [4.78, 5) is 0. The molecule has 1 aromatic carbocycles. The van der Waals surface area contributed by atoms with Crippen LogP contribution in [-0.4, -0.2) is 12.4 Å². The SMILES string of the molecule is CCCCOc1ccc(CC(=N)N)cc1Cl.Cl. The molecule has 5 heteroatoms. The Labute approximate surface area is 113 Å². The van der Waals surface area contributed by atoms with E-state index in [2.05, 4.69) is 6.92 Å². The molecule has 1 aromatic rings. The van der Waals surface area contributed by atoms with E-state index < -0.39 is 0 Å². The highest BCUT2D eigenvalue weighted by molar-refractivity contribution is 6.32. The number of halogens is 2. The summed E-state index contributed by atoms with van der Waals surface area (Å²) in [5.41, 5.74) is 6.25. The monoisotopic (exact) mass is 276 g/mol. The molecule has 3 nitrogen and oxygen atoms in total. The third-order valence-electron chi connectivity index (χ3n) is 2.15. The van der Waals surface area contributed by atoms with Crippen molar-refractivity contribution >= 4 is 29.8 Å². The first-order valence-electron chi connectivity index (χ1n) is 5.37. The molecule has 0 aliphatic rings. The van der Waals surface area contributed by atoms with Gasteiger partial charge in [0.25, 0.3) is 0 Å². The van der Waals surface area contributed by atoms with Gasteiger partial charge in [-0.15, -0.1) is 12.4 Å². The second kappa shape index (κ2) is 8.20. The van der Waals surface area contributed by atoms with Crippen molar-refractivity contribution < 1.29 is 4.74 Å². The molecule has 0 saturated carbocycles. The van der Waals surface area contributed by atoms with Gasteiger partial charge in [-0.25, -0.2) is 0 Å². The highest BCUT2D eigenvalue weighted by Crippen LogP contribution is 2.25. The van der Waals surface area contributed by atoms with Crippen LogP contribution in [0.3, 0.4) is 0 Å². The highest BCUT2D eigenvalue weighted by Gasteiger charge is 2.03. The molecule has 0 aliphatic carbocycles. The number of ether oxygens (including phenoxy) is 1. The van der Waals surface area contributed by atoms with E-state index in [0.29, 0.717) is 23.8 Å². The minimum Gasteiger partial charge on any atom is -0.492 e. The maximum Gasteiger partial charge on any atom is 0.137 e. The van der Waals surface area contributed by atoms with Gasteiger partial charge in [-0.2, -0.15) is 0 Å². The Hall–Kier alpha value is -0.930. The van der Waals surface area contributed by atoms with Crippen molar-refractivity contribution in [1.29, 1.82) is 5.41 Å². The van der Waals surface area contributed by atoms with E-state index in [1.807, 2.05) is 12.1 Å². The predicted octanol–water partition coefficient (Wildman–Crippen LogP) is 3.42. The summed E-state index contributed by atoms with van der Waals surface area (Å²) < 4.78 is 5.52. The fourth-order valence-electron chi connectivity index (χ4n) is 1.32. The summed E-state index contributed by atoms with van der Waals surface area (Å²) in [6, 6.07) is 5.51. The molecule has 0 bridgehead atoms. The maximum absolute atomic E-state index is 7.20. The third-order valence-corrected chi connectivity index (χ3v) is 2.44. The molecule has 0 aromatic heterocycles. The minimum absolute atomic E-state index is 0. The van der Waals surface area contributed by atoms with E-state index in [1.165, 1.54) is 0 Å². The zero-order valence-corrected chi connectivity index (χ0v) is 11.4. The van der Waals surface area contributed by atoms with Gasteiger partial charge in [0, 0.05) is 6.42 Å². The maximum atomic E-state index is 7.20. The van der Waals surface area contributed by atoms with Crippen LogP contribution in [0.1, 0.15) is 25.3 Å². The summed E-state index contributed by atoms with van der Waals surface area (Å²) in [5.74, 6) is 0.832. The molecule has 17 heavy (non-hydrogen) atoms. The second-order valence-corrected chi connectivity index (χ2v) is 4.08. The summed E-state index contributed by atoms with van der Waals surface area (Å²) in [6.45, 7) is 2.79. The normalized spacial score (nSPS) is 9.53. The molecular formula is C12H18Cl2N2O. The van der Waals surface area contributed by atoms with Gasteiger partial charge in [-0.3, -0.25) is 5.41 Å². The van der Waals surface area contributed by atoms with Crippen LogP contribution in [0.2, 0.25) is 5.02 Å². The first-order chi connectivity index (χ1) is 7.63. The first kappa shape index (κ1) is 16.1. The van der Waals surface area contributed by atoms with Crippen LogP contribution >= 0.6 is 24.0 Å². The van der Waals surface area contributed by atoms with Crippen LogP contribution in [0.4, 0.5) is 0 Å². The molecule has 0 saturated heterocycles. The van der Waals surface area contributed by atoms with Crippen LogP contribution in [0, 0.1) is 5.41 Å². The molecule has 0 fully saturated rings. The number of unbranched alkanes of at least 4 members (excludes halogenated alkanes) is 1. The van der Waals surface area contributed by atoms with Gasteiger partial charge in [0.1, 0.15) is 5.75 Å². The number of rotatable bonds is 6. The molecule has 1 rings (SSSR count). The average molecular weight is 277 g/mol. The molecule has 0 radical (unpaired) electrons. The molecule has 0 aliphatic heterocycles. The third kappa shape index (κ3) is 5.80. The predicted molar refractivity (Wildman–Crippen MR) is 74.7 cm³/mol. The molecule has 3 N–H and O–H groups in total. The fraction of sp³-hybridized carbons (Fsp3) is 0.417. The molecule has 0 unspecified atom stereocenters. The standard InChI is InChI=1S/C12H17ClN2O.ClH/c1-2-3-6-16-11-5-4-9(7-10(11)13)8-12(14)15;/h4-5,7H,2-3,6,8H2,1H3,(H3,14,15);1H. The van der Waals surface area contributed by atoms with E-state index >= 15 is 0 Å². The zero-order valence-electron chi connectivity index (χ0n) is 9.83. The Kier molecular flexibility index (Phi) is 7.75. The van der Waals surface area contributed by atoms with Gasteiger partial charge >= 0.3 is 0 Å². The van der Waals surface area contributed by atoms with Crippen molar-refractivity contribution in [2.75, 3.05) is 6.61 Å². The van der Waals surface area contributed by atoms with Crippen LogP contribution in [0.15, 0.2) is 18.2 Å². The van der Waals surface area contributed by atoms with E-state index in [0.717, 1.165) is 18.4 Å². The quantitative estimate of drug-likeness (QED) is 0.475. The molecular weight excluding hydrogens is 259 g/mol. The van der Waals surface area contributed by atoms with E-state index in [4.69, 9.17) is 27.5 Å². The summed E-state index contributed by atoms with van der Waals surface area (Å²) in [5, 5.41) is 7.77. The Bertz CT molecular complexity index is 370. The van der Waals surface area contributed by atoms with Crippen LogP contribution < -0.4 is 10.5 Å². The molecule has 0 amide bonds. The number of amidine groups is 1. The van der Waals surface area contributed by atoms with Crippen molar-refractivity contribution in [3.63, 3.8) is 0 Å². The van der Waals surface area contributed by atoms with Crippen molar-refractivity contribution in [3.8, 4) is 5.75 Å². The Morgan fingerprint density at radius 2 is 2.18 bits per heavy atom. The van der Waals surface area contributed by atoms with E-state index in [9.17, 15) is 0 Å². The Balaban J connectivity index is 0.00000256. The van der Waals surface area contributed by atoms with Gasteiger partial charge in [0.15, 0.2) is 0 Å². The fourth-order valence-corrected chi connectivity index (χ4v) is 1.58. The van der Waals surface area contributed by atoms with Crippen molar-refractivity contribution in [2.24, 2.45) is 5.73 Å². The lowest BCUT2D eigenvalue weighted by Crippen LogP contribution is -2.12. The molecule has 0 heterocycles. The smallest absolute Gasteiger partial charge is 0.137 e. The summed E-state index contributed by atoms with van der Waals surface area (Å²) in [6.07, 6.45) is 2.54. The second-order valence-electron chi connectivity index (χ2n) is 3.67. The summed E-state index contributed by atoms with van der Waals surface area (Å²) >= 11 is 6.06. The lowest BCUT2D eigenvalue weighted by atomic mass is 10.1. The van der Waals surface area contributed by atoms with E-state index in [-0.39, 0.29) is 18.2 Å². The van der Waals surface area contributed by atoms with Gasteiger partial charge < -0.3 is 10.5 Å². The van der Waals surface area contributed by atoms with Crippen LogP contribution in [0.5, 0.6) is 5.75 Å². The zero-order chi connectivity index (χ0) is 12.0. The topological polar surface area (TPSA) is 59.1 Å². The average Bonchev–Trinajstić information content (AvgIpc) is 2.20. The summed E-state index contributed by atoms with van der Waals surface area (Å²) in [7, 11) is 0. The Morgan fingerprint density at radius 3 is 2.71 bits per heavy atom. The van der Waals surface area contributed by atoms with E-state index in [1.54, 1.807) is 6.07 Å². The van der Waals surface area contributed by atoms with Gasteiger partial charge in [-0.1, -0.05) is 31.0 Å². The van der Waals surface area contributed by atoms with Gasteiger partial charge in [-0.05, 0) is 24.1 Å². The Morgan fingerprint density at radius 1 is 1.47 bits per heavy atom. The lowest BCUT2D eigenvalue weighted by Gasteiger charge is -2.08. The van der Waals surface area contributed by atoms with Crippen molar-refractivity contribution in [3.05, 3.63) is 28.8 Å². The number of nitrogens with one attached hydrogen (secondary N) is 1. The first-order valence-corrected chi connectivity index (χ1v) is 5.75. The number of hydrogen-bond donors (Lipinski definition) is 2. The number of benzene rings is 1. The number of nitrogens with two attached hydrogens (primary N) is 1. The van der Waals surface area contributed by atoms with Crippen molar-refractivity contribution in [2.45, 2.75) is 26.2 Å². The van der Waals surface area contributed by atoms with Crippen LogP contribution in [-0.2, 0) is 6.42 Å². The largest absolute Gasteiger partial charge is 0.492 e. The van der Waals surface area contributed by atoms with Crippen LogP contribution in [0.25, 0.3) is 0 Å². The molecule has 0 spiro atoms. The highest BCUT2D eigenvalue weighted by atomic mass is 35.5. The molecule has 96 valence electrons. The van der Waals surface area contributed by atoms with Crippen molar-refractivity contribution in [1.82, 2.24) is 0 Å². The van der Waals surface area contributed by atoms with Gasteiger partial charge in [0.2, 0.25) is 0 Å². The number of hydrogen-bond acceptors (Lipinski definition) is 2. The van der Waals surface area contributed by atoms with Gasteiger partial charge in [0.05, 0.1) is 17.5 Å².